The summed E-state index contributed by atoms with van der Waals surface area (Å²) < 4.78 is 5.50. The van der Waals surface area contributed by atoms with E-state index in [2.05, 4.69) is 51.7 Å². The van der Waals surface area contributed by atoms with Gasteiger partial charge in [-0.05, 0) is 30.5 Å². The number of nitrogens with zero attached hydrogens (tertiary/aromatic N) is 3. The summed E-state index contributed by atoms with van der Waals surface area (Å²) in [5.41, 5.74) is 1.17. The van der Waals surface area contributed by atoms with Crippen molar-refractivity contribution in [1.29, 1.82) is 0 Å². The van der Waals surface area contributed by atoms with Gasteiger partial charge in [-0.25, -0.2) is 4.99 Å². The van der Waals surface area contributed by atoms with Crippen LogP contribution in [0, 0.1) is 0 Å². The third kappa shape index (κ3) is 5.26. The molecule has 2 aromatic rings. The number of hydrogen-bond acceptors (Lipinski definition) is 4. The van der Waals surface area contributed by atoms with E-state index in [1.165, 1.54) is 10.6 Å². The van der Waals surface area contributed by atoms with Gasteiger partial charge < -0.3 is 19.9 Å². The minimum Gasteiger partial charge on any atom is -0.495 e. The summed E-state index contributed by atoms with van der Waals surface area (Å²) in [6.07, 6.45) is 0. The van der Waals surface area contributed by atoms with E-state index in [1.54, 1.807) is 18.4 Å². The molecule has 0 atom stereocenters. The first-order chi connectivity index (χ1) is 12.3. The second-order valence-electron chi connectivity index (χ2n) is 5.90. The van der Waals surface area contributed by atoms with Crippen molar-refractivity contribution < 1.29 is 4.74 Å². The van der Waals surface area contributed by atoms with Crippen molar-refractivity contribution in [2.75, 3.05) is 44.7 Å². The minimum atomic E-state index is 0. The number of benzene rings is 1. The van der Waals surface area contributed by atoms with Gasteiger partial charge in [-0.15, -0.1) is 35.3 Å². The topological polar surface area (TPSA) is 40.1 Å². The van der Waals surface area contributed by atoms with Crippen LogP contribution in [0.1, 0.15) is 11.8 Å². The standard InChI is InChI=1S/C19H26N4OS.HI/c1-3-20-19(21-15-16-7-6-14-25-16)23-12-10-22(11-13-23)17-8-4-5-9-18(17)24-2;/h4-9,14H,3,10-13,15H2,1-2H3,(H,20,21);1H. The van der Waals surface area contributed by atoms with Crippen molar-refractivity contribution in [3.8, 4) is 5.75 Å². The molecule has 5 nitrogen and oxygen atoms in total. The molecule has 1 aliphatic rings. The second-order valence-corrected chi connectivity index (χ2v) is 6.93. The van der Waals surface area contributed by atoms with Gasteiger partial charge in [-0.2, -0.15) is 0 Å². The summed E-state index contributed by atoms with van der Waals surface area (Å²) in [7, 11) is 1.73. The smallest absolute Gasteiger partial charge is 0.194 e. The summed E-state index contributed by atoms with van der Waals surface area (Å²) >= 11 is 1.76. The van der Waals surface area contributed by atoms with Crippen LogP contribution in [-0.4, -0.2) is 50.7 Å². The number of methoxy groups -OCH3 is 1. The molecule has 0 unspecified atom stereocenters. The average Bonchev–Trinajstić information content (AvgIpc) is 3.19. The van der Waals surface area contributed by atoms with Gasteiger partial charge in [0.2, 0.25) is 0 Å². The van der Waals surface area contributed by atoms with Crippen molar-refractivity contribution in [1.82, 2.24) is 10.2 Å². The van der Waals surface area contributed by atoms with E-state index in [1.807, 2.05) is 12.1 Å². The average molecular weight is 486 g/mol. The van der Waals surface area contributed by atoms with Crippen LogP contribution in [-0.2, 0) is 6.54 Å². The number of halogens is 1. The molecular weight excluding hydrogens is 459 g/mol. The monoisotopic (exact) mass is 486 g/mol. The summed E-state index contributed by atoms with van der Waals surface area (Å²) in [5.74, 6) is 1.95. The molecular formula is C19H27IN4OS. The Balaban J connectivity index is 0.00000243. The maximum atomic E-state index is 5.50. The summed E-state index contributed by atoms with van der Waals surface area (Å²) in [5, 5.41) is 5.53. The first kappa shape index (κ1) is 20.8. The highest BCUT2D eigenvalue weighted by molar-refractivity contribution is 14.0. The highest BCUT2D eigenvalue weighted by atomic mass is 127. The maximum Gasteiger partial charge on any atom is 0.194 e. The Morgan fingerprint density at radius 2 is 1.92 bits per heavy atom. The normalized spacial score (nSPS) is 14.8. The van der Waals surface area contributed by atoms with Gasteiger partial charge in [0.25, 0.3) is 0 Å². The lowest BCUT2D eigenvalue weighted by Crippen LogP contribution is -2.52. The summed E-state index contributed by atoms with van der Waals surface area (Å²) in [4.78, 5) is 10.8. The van der Waals surface area contributed by atoms with E-state index in [9.17, 15) is 0 Å². The Labute approximate surface area is 177 Å². The third-order valence-corrected chi connectivity index (χ3v) is 5.17. The molecule has 0 aliphatic carbocycles. The second kappa shape index (κ2) is 10.6. The van der Waals surface area contributed by atoms with Gasteiger partial charge in [0.15, 0.2) is 5.96 Å². The lowest BCUT2D eigenvalue weighted by atomic mass is 10.2. The Hall–Kier alpha value is -1.48. The number of guanidine groups is 1. The number of rotatable bonds is 5. The van der Waals surface area contributed by atoms with Crippen molar-refractivity contribution in [3.63, 3.8) is 0 Å². The van der Waals surface area contributed by atoms with Gasteiger partial charge in [-0.3, -0.25) is 0 Å². The molecule has 1 N–H and O–H groups in total. The Kier molecular flexibility index (Phi) is 8.50. The van der Waals surface area contributed by atoms with E-state index in [-0.39, 0.29) is 24.0 Å². The molecule has 1 saturated heterocycles. The predicted molar refractivity (Wildman–Crippen MR) is 121 cm³/mol. The molecule has 0 bridgehead atoms. The van der Waals surface area contributed by atoms with Crippen molar-refractivity contribution in [3.05, 3.63) is 46.7 Å². The molecule has 26 heavy (non-hydrogen) atoms. The molecule has 7 heteroatoms. The number of nitrogens with one attached hydrogen (secondary N) is 1. The van der Waals surface area contributed by atoms with Crippen molar-refractivity contribution >= 4 is 47.0 Å². The molecule has 2 heterocycles. The lowest BCUT2D eigenvalue weighted by Gasteiger charge is -2.38. The zero-order valence-electron chi connectivity index (χ0n) is 15.4. The molecule has 142 valence electrons. The fourth-order valence-electron chi connectivity index (χ4n) is 3.03. The molecule has 1 fully saturated rings. The van der Waals surface area contributed by atoms with E-state index in [0.717, 1.165) is 51.0 Å². The molecule has 3 rings (SSSR count). The molecule has 0 saturated carbocycles. The number of thiophene rings is 1. The van der Waals surface area contributed by atoms with E-state index in [4.69, 9.17) is 9.73 Å². The van der Waals surface area contributed by atoms with Gasteiger partial charge in [0.05, 0.1) is 19.3 Å². The molecule has 1 aliphatic heterocycles. The number of aliphatic imine (C=N–C) groups is 1. The highest BCUT2D eigenvalue weighted by Crippen LogP contribution is 2.28. The largest absolute Gasteiger partial charge is 0.495 e. The quantitative estimate of drug-likeness (QED) is 0.398. The van der Waals surface area contributed by atoms with Crippen LogP contribution < -0.4 is 15.0 Å². The van der Waals surface area contributed by atoms with Crippen molar-refractivity contribution in [2.45, 2.75) is 13.5 Å². The molecule has 0 spiro atoms. The van der Waals surface area contributed by atoms with E-state index >= 15 is 0 Å². The predicted octanol–water partition coefficient (Wildman–Crippen LogP) is 3.66. The Bertz CT molecular complexity index is 685. The van der Waals surface area contributed by atoms with Crippen LogP contribution in [0.4, 0.5) is 5.69 Å². The molecule has 1 aromatic carbocycles. The van der Waals surface area contributed by atoms with E-state index < -0.39 is 0 Å². The SMILES string of the molecule is CCNC(=NCc1cccs1)N1CCN(c2ccccc2OC)CC1.I. The minimum absolute atomic E-state index is 0. The van der Waals surface area contributed by atoms with Crippen LogP contribution in [0.3, 0.4) is 0 Å². The van der Waals surface area contributed by atoms with Crippen LogP contribution >= 0.6 is 35.3 Å². The van der Waals surface area contributed by atoms with Crippen molar-refractivity contribution in [2.24, 2.45) is 4.99 Å². The number of para-hydroxylation sites is 2. The zero-order valence-corrected chi connectivity index (χ0v) is 18.5. The van der Waals surface area contributed by atoms with Gasteiger partial charge in [0, 0.05) is 37.6 Å². The van der Waals surface area contributed by atoms with Gasteiger partial charge >= 0.3 is 0 Å². The molecule has 0 radical (unpaired) electrons. The van der Waals surface area contributed by atoms with Gasteiger partial charge in [-0.1, -0.05) is 18.2 Å². The maximum absolute atomic E-state index is 5.50. The fraction of sp³-hybridized carbons (Fsp3) is 0.421. The lowest BCUT2D eigenvalue weighted by molar-refractivity contribution is 0.367. The first-order valence-electron chi connectivity index (χ1n) is 8.75. The Morgan fingerprint density at radius 1 is 1.15 bits per heavy atom. The van der Waals surface area contributed by atoms with Crippen LogP contribution in [0.2, 0.25) is 0 Å². The molecule has 1 aromatic heterocycles. The van der Waals surface area contributed by atoms with E-state index in [0.29, 0.717) is 0 Å². The number of anilines is 1. The summed E-state index contributed by atoms with van der Waals surface area (Å²) in [6.45, 7) is 7.57. The van der Waals surface area contributed by atoms with Crippen LogP contribution in [0.25, 0.3) is 0 Å². The van der Waals surface area contributed by atoms with Gasteiger partial charge in [0.1, 0.15) is 5.75 Å². The summed E-state index contributed by atoms with van der Waals surface area (Å²) in [6, 6.07) is 12.4. The third-order valence-electron chi connectivity index (χ3n) is 4.30. The number of piperazine rings is 1. The number of hydrogen-bond donors (Lipinski definition) is 1. The highest BCUT2D eigenvalue weighted by Gasteiger charge is 2.21. The van der Waals surface area contributed by atoms with Crippen LogP contribution in [0.5, 0.6) is 5.75 Å². The fourth-order valence-corrected chi connectivity index (χ4v) is 3.66. The number of ether oxygens (including phenoxy) is 1. The first-order valence-corrected chi connectivity index (χ1v) is 9.63. The zero-order chi connectivity index (χ0) is 17.5. The molecule has 0 amide bonds. The van der Waals surface area contributed by atoms with Crippen LogP contribution in [0.15, 0.2) is 46.8 Å². The Morgan fingerprint density at radius 3 is 2.58 bits per heavy atom.